The maximum atomic E-state index is 9.11. The normalized spacial score (nSPS) is 9.89. The van der Waals surface area contributed by atoms with E-state index in [1.54, 1.807) is 12.3 Å². The number of hydrogen-bond donors (Lipinski definition) is 2. The molecule has 2 rings (SSSR count). The molecule has 0 saturated carbocycles. The molecule has 0 aliphatic rings. The zero-order valence-electron chi connectivity index (χ0n) is 10.9. The fourth-order valence-corrected chi connectivity index (χ4v) is 1.92. The second-order valence-electron chi connectivity index (χ2n) is 4.31. The van der Waals surface area contributed by atoms with E-state index in [0.717, 1.165) is 18.5 Å². The van der Waals surface area contributed by atoms with Crippen molar-refractivity contribution in [2.75, 3.05) is 11.1 Å². The van der Waals surface area contributed by atoms with E-state index >= 15 is 0 Å². The molecule has 4 nitrogen and oxygen atoms in total. The van der Waals surface area contributed by atoms with Crippen molar-refractivity contribution in [3.63, 3.8) is 0 Å². The number of anilines is 3. The Bertz CT molecular complexity index is 614. The molecule has 0 fully saturated rings. The van der Waals surface area contributed by atoms with Crippen LogP contribution in [0.15, 0.2) is 36.5 Å². The number of nitrogens with zero attached hydrogens (tertiary/aromatic N) is 2. The summed E-state index contributed by atoms with van der Waals surface area (Å²) in [7, 11) is 0. The van der Waals surface area contributed by atoms with Gasteiger partial charge in [-0.15, -0.1) is 0 Å². The van der Waals surface area contributed by atoms with E-state index in [4.69, 9.17) is 11.0 Å². The molecule has 0 saturated heterocycles. The molecule has 0 radical (unpaired) electrons. The van der Waals surface area contributed by atoms with Crippen molar-refractivity contribution >= 4 is 17.2 Å². The molecular weight excluding hydrogens is 236 g/mol. The Balaban J connectivity index is 2.34. The van der Waals surface area contributed by atoms with Crippen LogP contribution < -0.4 is 11.1 Å². The van der Waals surface area contributed by atoms with Gasteiger partial charge in [-0.2, -0.15) is 5.26 Å². The highest BCUT2D eigenvalue weighted by Crippen LogP contribution is 2.23. The molecule has 96 valence electrons. The van der Waals surface area contributed by atoms with Gasteiger partial charge in [0.25, 0.3) is 0 Å². The van der Waals surface area contributed by atoms with Crippen LogP contribution in [0.1, 0.15) is 24.5 Å². The minimum absolute atomic E-state index is 0.450. The highest BCUT2D eigenvalue weighted by Gasteiger charge is 2.07. The van der Waals surface area contributed by atoms with Gasteiger partial charge in [0.05, 0.1) is 17.4 Å². The van der Waals surface area contributed by atoms with Gasteiger partial charge in [0.1, 0.15) is 11.9 Å². The number of aromatic nitrogens is 1. The van der Waals surface area contributed by atoms with Crippen molar-refractivity contribution in [2.45, 2.75) is 19.8 Å². The lowest BCUT2D eigenvalue weighted by Gasteiger charge is -2.12. The predicted octanol–water partition coefficient (Wildman–Crippen LogP) is 3.23. The number of nitrogens with one attached hydrogen (secondary N) is 1. The highest BCUT2D eigenvalue weighted by molar-refractivity contribution is 5.67. The Morgan fingerprint density at radius 2 is 2.16 bits per heavy atom. The summed E-state index contributed by atoms with van der Waals surface area (Å²) < 4.78 is 0. The molecule has 4 heteroatoms. The SMILES string of the molecule is CCCc1ccccc1Nc1ncc(N)cc1C#N. The molecule has 0 atom stereocenters. The first-order valence-electron chi connectivity index (χ1n) is 6.25. The maximum absolute atomic E-state index is 9.11. The van der Waals surface area contributed by atoms with E-state index in [0.29, 0.717) is 17.1 Å². The predicted molar refractivity (Wildman–Crippen MR) is 77.1 cm³/mol. The molecule has 0 aliphatic heterocycles. The summed E-state index contributed by atoms with van der Waals surface area (Å²) in [6.45, 7) is 2.14. The van der Waals surface area contributed by atoms with Crippen molar-refractivity contribution < 1.29 is 0 Å². The van der Waals surface area contributed by atoms with Crippen LogP contribution >= 0.6 is 0 Å². The third kappa shape index (κ3) is 3.02. The Hall–Kier alpha value is -2.54. The molecule has 1 heterocycles. The number of nitrogen functional groups attached to an aromatic ring is 1. The van der Waals surface area contributed by atoms with Crippen LogP contribution in [0, 0.1) is 11.3 Å². The lowest BCUT2D eigenvalue weighted by atomic mass is 10.1. The average Bonchev–Trinajstić information content (AvgIpc) is 2.43. The summed E-state index contributed by atoms with van der Waals surface area (Å²) in [6.07, 6.45) is 3.60. The third-order valence-corrected chi connectivity index (χ3v) is 2.82. The molecule has 0 bridgehead atoms. The summed E-state index contributed by atoms with van der Waals surface area (Å²) in [5.74, 6) is 0.542. The molecule has 0 unspecified atom stereocenters. The zero-order valence-corrected chi connectivity index (χ0v) is 10.9. The van der Waals surface area contributed by atoms with Crippen LogP contribution in [0.4, 0.5) is 17.2 Å². The van der Waals surface area contributed by atoms with Gasteiger partial charge in [-0.25, -0.2) is 4.98 Å². The van der Waals surface area contributed by atoms with E-state index in [-0.39, 0.29) is 0 Å². The molecule has 0 spiro atoms. The average molecular weight is 252 g/mol. The van der Waals surface area contributed by atoms with E-state index in [9.17, 15) is 0 Å². The Morgan fingerprint density at radius 3 is 2.89 bits per heavy atom. The van der Waals surface area contributed by atoms with Gasteiger partial charge in [-0.05, 0) is 24.1 Å². The number of para-hydroxylation sites is 1. The first-order valence-corrected chi connectivity index (χ1v) is 6.25. The first-order chi connectivity index (χ1) is 9.24. The number of nitrogens with two attached hydrogens (primary N) is 1. The molecule has 0 amide bonds. The summed E-state index contributed by atoms with van der Waals surface area (Å²) in [5.41, 5.74) is 8.77. The molecule has 19 heavy (non-hydrogen) atoms. The second kappa shape index (κ2) is 5.87. The lowest BCUT2D eigenvalue weighted by molar-refractivity contribution is 0.923. The van der Waals surface area contributed by atoms with Gasteiger partial charge >= 0.3 is 0 Å². The van der Waals surface area contributed by atoms with Gasteiger partial charge in [0.2, 0.25) is 0 Å². The lowest BCUT2D eigenvalue weighted by Crippen LogP contribution is -2.01. The number of benzene rings is 1. The van der Waals surface area contributed by atoms with Gasteiger partial charge in [0.15, 0.2) is 0 Å². The summed E-state index contributed by atoms with van der Waals surface area (Å²) in [6, 6.07) is 11.8. The zero-order chi connectivity index (χ0) is 13.7. The Labute approximate surface area is 112 Å². The highest BCUT2D eigenvalue weighted by atomic mass is 15.0. The number of hydrogen-bond acceptors (Lipinski definition) is 4. The van der Waals surface area contributed by atoms with Crippen LogP contribution in [0.25, 0.3) is 0 Å². The number of aryl methyl sites for hydroxylation is 1. The largest absolute Gasteiger partial charge is 0.397 e. The molecule has 0 aliphatic carbocycles. The molecular formula is C15H16N4. The van der Waals surface area contributed by atoms with E-state index < -0.39 is 0 Å². The number of rotatable bonds is 4. The second-order valence-corrected chi connectivity index (χ2v) is 4.31. The van der Waals surface area contributed by atoms with E-state index in [2.05, 4.69) is 29.4 Å². The van der Waals surface area contributed by atoms with Crippen LogP contribution in [0.3, 0.4) is 0 Å². The van der Waals surface area contributed by atoms with Gasteiger partial charge in [-0.1, -0.05) is 31.5 Å². The van der Waals surface area contributed by atoms with Crippen LogP contribution in [0.5, 0.6) is 0 Å². The van der Waals surface area contributed by atoms with Crippen LogP contribution in [-0.2, 0) is 6.42 Å². The minimum atomic E-state index is 0.450. The minimum Gasteiger partial charge on any atom is -0.397 e. The molecule has 1 aromatic heterocycles. The standard InChI is InChI=1S/C15H16N4/c1-2-5-11-6-3-4-7-14(11)19-15-12(9-16)8-13(17)10-18-15/h3-4,6-8,10H,2,5,17H2,1H3,(H,18,19). The van der Waals surface area contributed by atoms with Crippen LogP contribution in [-0.4, -0.2) is 4.98 Å². The van der Waals surface area contributed by atoms with Crippen molar-refractivity contribution in [3.05, 3.63) is 47.7 Å². The molecule has 3 N–H and O–H groups in total. The number of nitriles is 1. The van der Waals surface area contributed by atoms with Gasteiger partial charge in [-0.3, -0.25) is 0 Å². The topological polar surface area (TPSA) is 74.7 Å². The molecule has 1 aromatic carbocycles. The van der Waals surface area contributed by atoms with Crippen LogP contribution in [0.2, 0.25) is 0 Å². The van der Waals surface area contributed by atoms with Crippen molar-refractivity contribution in [1.82, 2.24) is 4.98 Å². The smallest absolute Gasteiger partial charge is 0.148 e. The number of pyridine rings is 1. The summed E-state index contributed by atoms with van der Waals surface area (Å²) >= 11 is 0. The fourth-order valence-electron chi connectivity index (χ4n) is 1.92. The maximum Gasteiger partial charge on any atom is 0.148 e. The van der Waals surface area contributed by atoms with Gasteiger partial charge in [0, 0.05) is 5.69 Å². The van der Waals surface area contributed by atoms with E-state index in [1.807, 2.05) is 18.2 Å². The molecule has 2 aromatic rings. The quantitative estimate of drug-likeness (QED) is 0.876. The first kappa shape index (κ1) is 12.9. The van der Waals surface area contributed by atoms with E-state index in [1.165, 1.54) is 5.56 Å². The third-order valence-electron chi connectivity index (χ3n) is 2.82. The summed E-state index contributed by atoms with van der Waals surface area (Å²) in [4.78, 5) is 4.19. The van der Waals surface area contributed by atoms with Gasteiger partial charge < -0.3 is 11.1 Å². The Morgan fingerprint density at radius 1 is 1.37 bits per heavy atom. The van der Waals surface area contributed by atoms with Crippen molar-refractivity contribution in [1.29, 1.82) is 5.26 Å². The fraction of sp³-hybridized carbons (Fsp3) is 0.200. The van der Waals surface area contributed by atoms with Crippen molar-refractivity contribution in [2.24, 2.45) is 0 Å². The summed E-state index contributed by atoms with van der Waals surface area (Å²) in [5, 5.41) is 12.3. The Kier molecular flexibility index (Phi) is 3.99. The monoisotopic (exact) mass is 252 g/mol. The van der Waals surface area contributed by atoms with Crippen molar-refractivity contribution in [3.8, 4) is 6.07 Å².